The van der Waals surface area contributed by atoms with Gasteiger partial charge in [-0.25, -0.2) is 0 Å². The molecule has 170 valence electrons. The Labute approximate surface area is 188 Å². The summed E-state index contributed by atoms with van der Waals surface area (Å²) in [5.41, 5.74) is 0.718. The Morgan fingerprint density at radius 1 is 0.968 bits per heavy atom. The number of aliphatic hydroxyl groups is 1. The molecule has 0 unspecified atom stereocenters. The van der Waals surface area contributed by atoms with E-state index in [9.17, 15) is 9.90 Å². The molecular weight excluding hydrogens is 382 g/mol. The zero-order chi connectivity index (χ0) is 21.6. The van der Waals surface area contributed by atoms with Crippen molar-refractivity contribution in [2.45, 2.75) is 83.7 Å². The standard InChI is InChI=1S/C28H41NO2/c1-27(31)15-13-22-20(17-27)11-12-24-23(22)14-16-28(2)21(9-6-10-25(24)28)18-29-26(30)19-7-4-3-5-8-19/h3-5,7-8,20-25,31H,6,9-18H2,1-2H3,(H,29,30)/t20-,21-,22+,23-,24-,25+,27-,28-/m1/s1. The maximum absolute atomic E-state index is 12.7. The third kappa shape index (κ3) is 3.96. The Hall–Kier alpha value is -1.35. The normalized spacial score (nSPS) is 44.5. The van der Waals surface area contributed by atoms with Crippen molar-refractivity contribution < 1.29 is 9.90 Å². The third-order valence-corrected chi connectivity index (χ3v) is 10.2. The topological polar surface area (TPSA) is 49.3 Å². The van der Waals surface area contributed by atoms with Gasteiger partial charge < -0.3 is 10.4 Å². The van der Waals surface area contributed by atoms with Crippen LogP contribution >= 0.6 is 0 Å². The van der Waals surface area contributed by atoms with Crippen molar-refractivity contribution >= 4 is 5.91 Å². The first-order valence-electron chi connectivity index (χ1n) is 12.9. The molecule has 1 aromatic rings. The average molecular weight is 424 g/mol. The number of benzene rings is 1. The van der Waals surface area contributed by atoms with Crippen molar-refractivity contribution in [3.05, 3.63) is 35.9 Å². The van der Waals surface area contributed by atoms with E-state index in [0.717, 1.165) is 54.5 Å². The molecule has 2 N–H and O–H groups in total. The number of rotatable bonds is 3. The van der Waals surface area contributed by atoms with E-state index in [2.05, 4.69) is 19.2 Å². The van der Waals surface area contributed by atoms with E-state index in [4.69, 9.17) is 0 Å². The molecule has 0 radical (unpaired) electrons. The number of fused-ring (bicyclic) bond motifs is 5. The van der Waals surface area contributed by atoms with Gasteiger partial charge in [0.2, 0.25) is 0 Å². The Morgan fingerprint density at radius 3 is 2.55 bits per heavy atom. The van der Waals surface area contributed by atoms with Gasteiger partial charge in [0, 0.05) is 12.1 Å². The quantitative estimate of drug-likeness (QED) is 0.643. The molecule has 4 aliphatic rings. The van der Waals surface area contributed by atoms with Gasteiger partial charge in [0.25, 0.3) is 5.91 Å². The van der Waals surface area contributed by atoms with Crippen LogP contribution in [0.3, 0.4) is 0 Å². The molecule has 5 rings (SSSR count). The lowest BCUT2D eigenvalue weighted by Crippen LogP contribution is -2.55. The van der Waals surface area contributed by atoms with Crippen LogP contribution in [0.2, 0.25) is 0 Å². The summed E-state index contributed by atoms with van der Waals surface area (Å²) < 4.78 is 0. The molecule has 8 atom stereocenters. The lowest BCUT2D eigenvalue weighted by atomic mass is 9.45. The van der Waals surface area contributed by atoms with Crippen molar-refractivity contribution in [1.82, 2.24) is 5.32 Å². The predicted molar refractivity (Wildman–Crippen MR) is 125 cm³/mol. The summed E-state index contributed by atoms with van der Waals surface area (Å²) in [5, 5.41) is 13.9. The van der Waals surface area contributed by atoms with Crippen molar-refractivity contribution in [3.8, 4) is 0 Å². The van der Waals surface area contributed by atoms with Crippen LogP contribution in [0.1, 0.15) is 88.4 Å². The van der Waals surface area contributed by atoms with Gasteiger partial charge in [-0.1, -0.05) is 31.5 Å². The smallest absolute Gasteiger partial charge is 0.251 e. The maximum Gasteiger partial charge on any atom is 0.251 e. The average Bonchev–Trinajstić information content (AvgIpc) is 2.76. The summed E-state index contributed by atoms with van der Waals surface area (Å²) in [6, 6.07) is 9.66. The lowest BCUT2D eigenvalue weighted by Gasteiger charge is -2.61. The van der Waals surface area contributed by atoms with Crippen molar-refractivity contribution in [3.63, 3.8) is 0 Å². The molecule has 4 saturated carbocycles. The highest BCUT2D eigenvalue weighted by molar-refractivity contribution is 5.94. The van der Waals surface area contributed by atoms with E-state index in [1.54, 1.807) is 0 Å². The Bertz CT molecular complexity index is 789. The van der Waals surface area contributed by atoms with Crippen molar-refractivity contribution in [1.29, 1.82) is 0 Å². The highest BCUT2D eigenvalue weighted by Crippen LogP contribution is 2.63. The first-order valence-corrected chi connectivity index (χ1v) is 12.9. The fourth-order valence-electron chi connectivity index (χ4n) is 8.64. The molecule has 4 fully saturated rings. The van der Waals surface area contributed by atoms with E-state index in [0.29, 0.717) is 11.3 Å². The van der Waals surface area contributed by atoms with Crippen LogP contribution in [-0.2, 0) is 0 Å². The lowest BCUT2D eigenvalue weighted by molar-refractivity contribution is -0.125. The van der Waals surface area contributed by atoms with Gasteiger partial charge in [-0.05, 0) is 118 Å². The highest BCUT2D eigenvalue weighted by atomic mass is 16.3. The molecule has 1 amide bonds. The number of hydrogen-bond donors (Lipinski definition) is 2. The van der Waals surface area contributed by atoms with Gasteiger partial charge in [0.1, 0.15) is 0 Å². The molecule has 1 aromatic carbocycles. The van der Waals surface area contributed by atoms with E-state index in [1.807, 2.05) is 30.3 Å². The number of carbonyl (C=O) groups is 1. The number of nitrogens with one attached hydrogen (secondary N) is 1. The first-order chi connectivity index (χ1) is 14.9. The van der Waals surface area contributed by atoms with Crippen LogP contribution in [0, 0.1) is 40.9 Å². The van der Waals surface area contributed by atoms with Crippen LogP contribution in [-0.4, -0.2) is 23.2 Å². The zero-order valence-corrected chi connectivity index (χ0v) is 19.5. The van der Waals surface area contributed by atoms with Crippen LogP contribution in [0.25, 0.3) is 0 Å². The molecule has 0 bridgehead atoms. The van der Waals surface area contributed by atoms with Crippen molar-refractivity contribution in [2.24, 2.45) is 40.9 Å². The SMILES string of the molecule is C[C@@]1(O)CC[C@H]2[C@H](CC[C@@H]3[C@@H]2CC[C@]2(C)[C@@H](CNC(=O)c4ccccc4)CCC[C@@H]32)C1. The Morgan fingerprint density at radius 2 is 1.74 bits per heavy atom. The summed E-state index contributed by atoms with van der Waals surface area (Å²) in [4.78, 5) is 12.7. The Balaban J connectivity index is 1.27. The number of hydrogen-bond acceptors (Lipinski definition) is 2. The molecule has 0 spiro atoms. The molecule has 31 heavy (non-hydrogen) atoms. The van der Waals surface area contributed by atoms with Gasteiger partial charge >= 0.3 is 0 Å². The van der Waals surface area contributed by atoms with E-state index in [1.165, 1.54) is 51.4 Å². The highest BCUT2D eigenvalue weighted by Gasteiger charge is 2.55. The minimum atomic E-state index is -0.427. The molecule has 3 nitrogen and oxygen atoms in total. The van der Waals surface area contributed by atoms with Gasteiger partial charge in [-0.3, -0.25) is 4.79 Å². The zero-order valence-electron chi connectivity index (χ0n) is 19.5. The van der Waals surface area contributed by atoms with E-state index in [-0.39, 0.29) is 5.91 Å². The first kappa shape index (κ1) is 21.5. The second kappa shape index (κ2) is 8.21. The van der Waals surface area contributed by atoms with Crippen LogP contribution in [0.5, 0.6) is 0 Å². The Kier molecular flexibility index (Phi) is 5.69. The number of amides is 1. The fourth-order valence-corrected chi connectivity index (χ4v) is 8.64. The summed E-state index contributed by atoms with van der Waals surface area (Å²) >= 11 is 0. The summed E-state index contributed by atoms with van der Waals surface area (Å²) in [7, 11) is 0. The summed E-state index contributed by atoms with van der Waals surface area (Å²) in [6.07, 6.45) is 12.6. The third-order valence-electron chi connectivity index (χ3n) is 10.2. The monoisotopic (exact) mass is 423 g/mol. The van der Waals surface area contributed by atoms with Gasteiger partial charge in [-0.15, -0.1) is 0 Å². The molecule has 4 aliphatic carbocycles. The maximum atomic E-state index is 12.7. The minimum Gasteiger partial charge on any atom is -0.390 e. The molecule has 0 aromatic heterocycles. The van der Waals surface area contributed by atoms with E-state index < -0.39 is 5.60 Å². The van der Waals surface area contributed by atoms with Gasteiger partial charge in [-0.2, -0.15) is 0 Å². The summed E-state index contributed by atoms with van der Waals surface area (Å²) in [6.45, 7) is 5.44. The summed E-state index contributed by atoms with van der Waals surface area (Å²) in [5.74, 6) is 4.85. The fraction of sp³-hybridized carbons (Fsp3) is 0.750. The molecule has 0 heterocycles. The van der Waals surface area contributed by atoms with Crippen LogP contribution in [0.15, 0.2) is 30.3 Å². The minimum absolute atomic E-state index is 0.0785. The molecule has 0 aliphatic heterocycles. The van der Waals surface area contributed by atoms with Crippen LogP contribution in [0.4, 0.5) is 0 Å². The van der Waals surface area contributed by atoms with Gasteiger partial charge in [0.15, 0.2) is 0 Å². The molecule has 0 saturated heterocycles. The predicted octanol–water partition coefficient (Wildman–Crippen LogP) is 5.83. The largest absolute Gasteiger partial charge is 0.390 e. The second-order valence-corrected chi connectivity index (χ2v) is 11.9. The van der Waals surface area contributed by atoms with E-state index >= 15 is 0 Å². The number of carbonyl (C=O) groups excluding carboxylic acids is 1. The molecular formula is C28H41NO2. The van der Waals surface area contributed by atoms with Crippen molar-refractivity contribution in [2.75, 3.05) is 6.54 Å². The molecule has 3 heteroatoms. The van der Waals surface area contributed by atoms with Gasteiger partial charge in [0.05, 0.1) is 5.60 Å². The second-order valence-electron chi connectivity index (χ2n) is 11.9. The van der Waals surface area contributed by atoms with Crippen LogP contribution < -0.4 is 5.32 Å².